The Morgan fingerprint density at radius 2 is 1.71 bits per heavy atom. The van der Waals surface area contributed by atoms with Crippen LogP contribution in [0.1, 0.15) is 24.6 Å². The average Bonchev–Trinajstić information content (AvgIpc) is 2.91. The molecule has 0 saturated carbocycles. The lowest BCUT2D eigenvalue weighted by atomic mass is 10.2. The number of para-hydroxylation sites is 1. The van der Waals surface area contributed by atoms with Gasteiger partial charge in [0.2, 0.25) is 0 Å². The molecule has 1 heterocycles. The van der Waals surface area contributed by atoms with Crippen LogP contribution in [0.4, 0.5) is 5.69 Å². The van der Waals surface area contributed by atoms with Gasteiger partial charge in [0.05, 0.1) is 11.4 Å². The van der Waals surface area contributed by atoms with Crippen LogP contribution in [-0.2, 0) is 11.8 Å². The average molecular weight is 379 g/mol. The molecule has 3 aromatic rings. The summed E-state index contributed by atoms with van der Waals surface area (Å²) in [7, 11) is 1.79. The Morgan fingerprint density at radius 3 is 2.32 bits per heavy atom. The fraction of sp³-hybridized carbons (Fsp3) is 0.273. The van der Waals surface area contributed by atoms with E-state index in [1.807, 2.05) is 68.4 Å². The Balaban J connectivity index is 1.85. The Kier molecular flexibility index (Phi) is 5.68. The molecule has 1 N–H and O–H groups in total. The van der Waals surface area contributed by atoms with E-state index in [1.165, 1.54) is 4.68 Å². The van der Waals surface area contributed by atoms with Gasteiger partial charge in [-0.2, -0.15) is 0 Å². The highest BCUT2D eigenvalue weighted by Crippen LogP contribution is 2.17. The number of hydrogen-bond donors (Lipinski definition) is 1. The molecule has 0 radical (unpaired) electrons. The lowest BCUT2D eigenvalue weighted by molar-refractivity contribution is -0.122. The van der Waals surface area contributed by atoms with Crippen LogP contribution in [0.5, 0.6) is 5.75 Å². The van der Waals surface area contributed by atoms with Crippen molar-refractivity contribution in [3.05, 3.63) is 76.2 Å². The van der Waals surface area contributed by atoms with Gasteiger partial charge >= 0.3 is 0 Å². The molecular weight excluding hydrogens is 354 g/mol. The lowest BCUT2D eigenvalue weighted by Crippen LogP contribution is -2.34. The van der Waals surface area contributed by atoms with Crippen molar-refractivity contribution < 1.29 is 9.53 Å². The Morgan fingerprint density at radius 1 is 1.07 bits per heavy atom. The number of hydrogen-bond acceptors (Lipinski definition) is 3. The molecule has 0 aliphatic carbocycles. The number of benzene rings is 2. The molecule has 0 saturated heterocycles. The SMILES string of the molecule is CC[C@H](Oc1ccc(C)cc1)C(=O)Nc1c(C)n(C)n(-c2ccccc2)c1=O. The van der Waals surface area contributed by atoms with Crippen molar-refractivity contribution in [2.24, 2.45) is 7.05 Å². The van der Waals surface area contributed by atoms with E-state index in [0.717, 1.165) is 11.3 Å². The largest absolute Gasteiger partial charge is 0.481 e. The zero-order valence-corrected chi connectivity index (χ0v) is 16.6. The topological polar surface area (TPSA) is 65.3 Å². The van der Waals surface area contributed by atoms with Crippen molar-refractivity contribution in [1.29, 1.82) is 0 Å². The second-order valence-corrected chi connectivity index (χ2v) is 6.75. The number of carbonyl (C=O) groups excluding carboxylic acids is 1. The third kappa shape index (κ3) is 3.86. The number of nitrogens with one attached hydrogen (secondary N) is 1. The first-order valence-corrected chi connectivity index (χ1v) is 9.30. The van der Waals surface area contributed by atoms with Crippen molar-refractivity contribution in [3.63, 3.8) is 0 Å². The second kappa shape index (κ2) is 8.17. The zero-order chi connectivity index (χ0) is 20.3. The molecule has 1 aromatic heterocycles. The maximum atomic E-state index is 12.9. The van der Waals surface area contributed by atoms with Gasteiger partial charge in [-0.25, -0.2) is 4.68 Å². The minimum absolute atomic E-state index is 0.266. The smallest absolute Gasteiger partial charge is 0.295 e. The molecule has 0 spiro atoms. The van der Waals surface area contributed by atoms with Crippen molar-refractivity contribution >= 4 is 11.6 Å². The van der Waals surface area contributed by atoms with Gasteiger partial charge in [-0.05, 0) is 44.5 Å². The molecule has 6 nitrogen and oxygen atoms in total. The number of nitrogens with zero attached hydrogens (tertiary/aromatic N) is 2. The molecule has 28 heavy (non-hydrogen) atoms. The predicted octanol–water partition coefficient (Wildman–Crippen LogP) is 3.59. The molecule has 0 aliphatic heterocycles. The zero-order valence-electron chi connectivity index (χ0n) is 16.6. The summed E-state index contributed by atoms with van der Waals surface area (Å²) in [6.07, 6.45) is -0.203. The van der Waals surface area contributed by atoms with E-state index in [1.54, 1.807) is 18.7 Å². The summed E-state index contributed by atoms with van der Waals surface area (Å²) >= 11 is 0. The van der Waals surface area contributed by atoms with Crippen LogP contribution >= 0.6 is 0 Å². The summed E-state index contributed by atoms with van der Waals surface area (Å²) in [4.78, 5) is 25.7. The lowest BCUT2D eigenvalue weighted by Gasteiger charge is -2.17. The summed E-state index contributed by atoms with van der Waals surface area (Å²) < 4.78 is 9.09. The summed E-state index contributed by atoms with van der Waals surface area (Å²) in [5.74, 6) is 0.285. The fourth-order valence-electron chi connectivity index (χ4n) is 3.02. The number of ether oxygens (including phenoxy) is 1. The van der Waals surface area contributed by atoms with E-state index in [9.17, 15) is 9.59 Å². The van der Waals surface area contributed by atoms with Crippen LogP contribution in [0.15, 0.2) is 59.4 Å². The van der Waals surface area contributed by atoms with Crippen molar-refractivity contribution in [2.45, 2.75) is 33.3 Å². The second-order valence-electron chi connectivity index (χ2n) is 6.75. The molecule has 2 aromatic carbocycles. The number of carbonyl (C=O) groups is 1. The van der Waals surface area contributed by atoms with E-state index in [-0.39, 0.29) is 17.2 Å². The Labute approximate surface area is 164 Å². The molecule has 0 aliphatic rings. The van der Waals surface area contributed by atoms with Crippen molar-refractivity contribution in [2.75, 3.05) is 5.32 Å². The fourth-order valence-corrected chi connectivity index (χ4v) is 3.02. The predicted molar refractivity (Wildman–Crippen MR) is 110 cm³/mol. The highest BCUT2D eigenvalue weighted by atomic mass is 16.5. The maximum absolute atomic E-state index is 12.9. The van der Waals surface area contributed by atoms with Gasteiger partial charge in [-0.15, -0.1) is 0 Å². The molecule has 0 fully saturated rings. The van der Waals surface area contributed by atoms with E-state index >= 15 is 0 Å². The van der Waals surface area contributed by atoms with Gasteiger partial charge in [-0.3, -0.25) is 14.3 Å². The number of anilines is 1. The van der Waals surface area contributed by atoms with Crippen molar-refractivity contribution in [3.8, 4) is 11.4 Å². The summed E-state index contributed by atoms with van der Waals surface area (Å²) in [6, 6.07) is 16.9. The summed E-state index contributed by atoms with van der Waals surface area (Å²) in [6.45, 7) is 5.67. The molecule has 6 heteroatoms. The molecule has 3 rings (SSSR count). The standard InChI is InChI=1S/C22H25N3O3/c1-5-19(28-18-13-11-15(2)12-14-18)21(26)23-20-16(3)24(4)25(22(20)27)17-9-7-6-8-10-17/h6-14,19H,5H2,1-4H3,(H,23,26)/t19-/m0/s1. The number of aryl methyl sites for hydroxylation is 1. The van der Waals surface area contributed by atoms with Crippen LogP contribution in [0.2, 0.25) is 0 Å². The van der Waals surface area contributed by atoms with Gasteiger partial charge < -0.3 is 10.1 Å². The first-order valence-electron chi connectivity index (χ1n) is 9.30. The maximum Gasteiger partial charge on any atom is 0.295 e. The first kappa shape index (κ1) is 19.5. The van der Waals surface area contributed by atoms with Gasteiger partial charge in [0.15, 0.2) is 6.10 Å². The Bertz CT molecular complexity index is 1020. The monoisotopic (exact) mass is 379 g/mol. The van der Waals surface area contributed by atoms with Gasteiger partial charge in [0.25, 0.3) is 11.5 Å². The minimum atomic E-state index is -0.688. The minimum Gasteiger partial charge on any atom is -0.481 e. The van der Waals surface area contributed by atoms with Crippen LogP contribution in [0.3, 0.4) is 0 Å². The molecule has 146 valence electrons. The third-order valence-electron chi connectivity index (χ3n) is 4.76. The molecule has 0 unspecified atom stereocenters. The van der Waals surface area contributed by atoms with Crippen molar-refractivity contribution in [1.82, 2.24) is 9.36 Å². The van der Waals surface area contributed by atoms with Crippen LogP contribution in [0.25, 0.3) is 5.69 Å². The first-order chi connectivity index (χ1) is 13.4. The van der Waals surface area contributed by atoms with E-state index in [4.69, 9.17) is 4.74 Å². The van der Waals surface area contributed by atoms with Crippen LogP contribution in [0, 0.1) is 13.8 Å². The molecule has 1 atom stereocenters. The third-order valence-corrected chi connectivity index (χ3v) is 4.76. The molecular formula is C22H25N3O3. The Hall–Kier alpha value is -3.28. The van der Waals surface area contributed by atoms with Crippen LogP contribution < -0.4 is 15.6 Å². The summed E-state index contributed by atoms with van der Waals surface area (Å²) in [5, 5.41) is 2.77. The normalized spacial score (nSPS) is 11.9. The quantitative estimate of drug-likeness (QED) is 0.712. The number of amides is 1. The van der Waals surface area contributed by atoms with Gasteiger partial charge in [-0.1, -0.05) is 42.8 Å². The van der Waals surface area contributed by atoms with E-state index in [0.29, 0.717) is 17.9 Å². The summed E-state index contributed by atoms with van der Waals surface area (Å²) in [5.41, 5.74) is 2.52. The molecule has 1 amide bonds. The highest BCUT2D eigenvalue weighted by Gasteiger charge is 2.23. The number of rotatable bonds is 6. The van der Waals surface area contributed by atoms with E-state index in [2.05, 4.69) is 5.32 Å². The van der Waals surface area contributed by atoms with Crippen LogP contribution in [-0.4, -0.2) is 21.4 Å². The van der Waals surface area contributed by atoms with Gasteiger partial charge in [0, 0.05) is 7.05 Å². The molecule has 0 bridgehead atoms. The van der Waals surface area contributed by atoms with E-state index < -0.39 is 6.10 Å². The highest BCUT2D eigenvalue weighted by molar-refractivity contribution is 5.94. The number of aromatic nitrogens is 2. The van der Waals surface area contributed by atoms with Gasteiger partial charge in [0.1, 0.15) is 11.4 Å².